The lowest BCUT2D eigenvalue weighted by Gasteiger charge is -2.15. The number of oxazole rings is 1. The number of thioether (sulfide) groups is 1. The van der Waals surface area contributed by atoms with Crippen LogP contribution in [0.15, 0.2) is 52.1 Å². The second kappa shape index (κ2) is 6.79. The molecule has 0 atom stereocenters. The molecule has 3 rings (SSSR count). The highest BCUT2D eigenvalue weighted by molar-refractivity contribution is 7.98. The first-order valence-electron chi connectivity index (χ1n) is 7.10. The highest BCUT2D eigenvalue weighted by atomic mass is 32.2. The van der Waals surface area contributed by atoms with Crippen LogP contribution in [0.5, 0.6) is 5.75 Å². The second-order valence-corrected chi connectivity index (χ2v) is 5.70. The van der Waals surface area contributed by atoms with Crippen molar-refractivity contribution in [1.82, 2.24) is 4.98 Å². The van der Waals surface area contributed by atoms with E-state index < -0.39 is 5.03 Å². The van der Waals surface area contributed by atoms with E-state index in [2.05, 4.69) is 4.98 Å². The van der Waals surface area contributed by atoms with Crippen molar-refractivity contribution >= 4 is 28.5 Å². The van der Waals surface area contributed by atoms with Crippen molar-refractivity contribution in [2.45, 2.75) is 11.8 Å². The monoisotopic (exact) mass is 345 g/mol. The lowest BCUT2D eigenvalue weighted by atomic mass is 10.2. The quantitative estimate of drug-likeness (QED) is 0.382. The number of hydrogen-bond donors (Lipinski definition) is 0. The Balaban J connectivity index is 1.99. The molecular formula is C16H15N3O4S. The normalized spacial score (nSPS) is 10.8. The van der Waals surface area contributed by atoms with Crippen LogP contribution in [0.1, 0.15) is 5.56 Å². The van der Waals surface area contributed by atoms with E-state index in [1.807, 2.05) is 12.3 Å². The summed E-state index contributed by atoms with van der Waals surface area (Å²) in [6, 6.07) is 12.2. The topological polar surface area (TPSA) is 81.6 Å². The Morgan fingerprint density at radius 3 is 2.83 bits per heavy atom. The summed E-state index contributed by atoms with van der Waals surface area (Å²) in [4.78, 5) is 15.9. The van der Waals surface area contributed by atoms with E-state index in [0.717, 1.165) is 10.6 Å². The largest absolute Gasteiger partial charge is 0.497 e. The number of aromatic nitrogens is 1. The number of benzene rings is 2. The number of nitrogens with zero attached hydrogens (tertiary/aromatic N) is 3. The molecule has 0 radical (unpaired) electrons. The summed E-state index contributed by atoms with van der Waals surface area (Å²) in [7, 11) is 1.52. The fraction of sp³-hybridized carbons (Fsp3) is 0.188. The van der Waals surface area contributed by atoms with E-state index in [9.17, 15) is 10.1 Å². The molecule has 0 aliphatic carbocycles. The van der Waals surface area contributed by atoms with Gasteiger partial charge in [0.1, 0.15) is 23.5 Å². The minimum Gasteiger partial charge on any atom is -0.497 e. The molecule has 24 heavy (non-hydrogen) atoms. The van der Waals surface area contributed by atoms with Crippen LogP contribution in [0.3, 0.4) is 0 Å². The Morgan fingerprint density at radius 1 is 1.33 bits per heavy atom. The molecule has 0 spiro atoms. The van der Waals surface area contributed by atoms with Crippen LogP contribution in [0.25, 0.3) is 11.1 Å². The molecule has 0 bridgehead atoms. The summed E-state index contributed by atoms with van der Waals surface area (Å²) in [5, 5.41) is 12.7. The average molecular weight is 345 g/mol. The Morgan fingerprint density at radius 2 is 2.12 bits per heavy atom. The zero-order valence-electron chi connectivity index (χ0n) is 13.1. The minimum atomic E-state index is -0.441. The van der Waals surface area contributed by atoms with Gasteiger partial charge in [0.05, 0.1) is 7.11 Å². The number of fused-ring (bicyclic) bond motifs is 1. The van der Waals surface area contributed by atoms with Crippen LogP contribution in [0.4, 0.5) is 5.69 Å². The SMILES string of the molecule is COc1cccc(N(Cc2cccc3oc(SC)nc23)[N+](=O)[O-])c1. The number of hydrazine groups is 1. The Kier molecular flexibility index (Phi) is 4.57. The molecule has 8 heteroatoms. The molecule has 2 aromatic carbocycles. The smallest absolute Gasteiger partial charge is 0.256 e. The van der Waals surface area contributed by atoms with Crippen molar-refractivity contribution in [2.24, 2.45) is 0 Å². The van der Waals surface area contributed by atoms with Crippen molar-refractivity contribution in [3.63, 3.8) is 0 Å². The van der Waals surface area contributed by atoms with Crippen LogP contribution in [-0.4, -0.2) is 23.4 Å². The van der Waals surface area contributed by atoms with Crippen LogP contribution in [-0.2, 0) is 6.54 Å². The van der Waals surface area contributed by atoms with Gasteiger partial charge in [-0.2, -0.15) is 0 Å². The van der Waals surface area contributed by atoms with Gasteiger partial charge < -0.3 is 9.15 Å². The summed E-state index contributed by atoms with van der Waals surface area (Å²) in [5.74, 6) is 0.559. The third-order valence-electron chi connectivity index (χ3n) is 3.53. The van der Waals surface area contributed by atoms with Gasteiger partial charge in [-0.25, -0.2) is 15.1 Å². The molecule has 7 nitrogen and oxygen atoms in total. The van der Waals surface area contributed by atoms with E-state index >= 15 is 0 Å². The van der Waals surface area contributed by atoms with Crippen LogP contribution in [0, 0.1) is 10.1 Å². The third kappa shape index (κ3) is 3.13. The standard InChI is InChI=1S/C16H15N3O4S/c1-22-13-7-4-6-12(9-13)18(19(20)21)10-11-5-3-8-14-15(11)17-16(23-14)24-2/h3-9H,10H2,1-2H3. The number of anilines is 1. The van der Waals surface area contributed by atoms with E-state index in [0.29, 0.717) is 27.8 Å². The van der Waals surface area contributed by atoms with Crippen molar-refractivity contribution in [3.8, 4) is 5.75 Å². The molecule has 0 saturated carbocycles. The molecule has 0 saturated heterocycles. The Labute approximate surface area is 142 Å². The van der Waals surface area contributed by atoms with Gasteiger partial charge >= 0.3 is 0 Å². The first-order valence-corrected chi connectivity index (χ1v) is 8.33. The fourth-order valence-corrected chi connectivity index (χ4v) is 2.73. The number of nitro groups is 1. The zero-order chi connectivity index (χ0) is 17.1. The molecule has 1 heterocycles. The van der Waals surface area contributed by atoms with Gasteiger partial charge in [-0.3, -0.25) is 0 Å². The molecule has 3 aromatic rings. The lowest BCUT2D eigenvalue weighted by Crippen LogP contribution is -2.29. The number of rotatable bonds is 6. The van der Waals surface area contributed by atoms with Crippen molar-refractivity contribution in [2.75, 3.05) is 18.4 Å². The molecular weight excluding hydrogens is 330 g/mol. The van der Waals surface area contributed by atoms with Gasteiger partial charge in [-0.15, -0.1) is 0 Å². The second-order valence-electron chi connectivity index (χ2n) is 4.94. The molecule has 1 aromatic heterocycles. The molecule has 0 aliphatic rings. The first-order chi connectivity index (χ1) is 11.6. The van der Waals surface area contributed by atoms with Crippen LogP contribution < -0.4 is 9.75 Å². The van der Waals surface area contributed by atoms with Crippen LogP contribution in [0.2, 0.25) is 0 Å². The molecule has 0 N–H and O–H groups in total. The maximum atomic E-state index is 11.5. The van der Waals surface area contributed by atoms with Gasteiger partial charge in [0, 0.05) is 11.6 Å². The van der Waals surface area contributed by atoms with Crippen molar-refractivity contribution in [3.05, 3.63) is 58.1 Å². The van der Waals surface area contributed by atoms with Crippen LogP contribution >= 0.6 is 11.8 Å². The molecule has 0 unspecified atom stereocenters. The summed E-state index contributed by atoms with van der Waals surface area (Å²) in [6.45, 7) is 0.0673. The predicted molar refractivity (Wildman–Crippen MR) is 92.0 cm³/mol. The number of methoxy groups -OCH3 is 1. The maximum Gasteiger partial charge on any atom is 0.256 e. The summed E-state index contributed by atoms with van der Waals surface area (Å²) in [6.07, 6.45) is 1.87. The molecule has 124 valence electrons. The summed E-state index contributed by atoms with van der Waals surface area (Å²) >= 11 is 1.39. The zero-order valence-corrected chi connectivity index (χ0v) is 13.9. The van der Waals surface area contributed by atoms with Gasteiger partial charge in [0.25, 0.3) is 5.22 Å². The molecule has 0 aliphatic heterocycles. The highest BCUT2D eigenvalue weighted by Crippen LogP contribution is 2.27. The van der Waals surface area contributed by atoms with Crippen molar-refractivity contribution < 1.29 is 14.2 Å². The number of para-hydroxylation sites is 1. The lowest BCUT2D eigenvalue weighted by molar-refractivity contribution is -0.496. The maximum absolute atomic E-state index is 11.5. The Bertz CT molecular complexity index is 881. The minimum absolute atomic E-state index is 0.0673. The summed E-state index contributed by atoms with van der Waals surface area (Å²) < 4.78 is 10.7. The Hall–Kier alpha value is -2.74. The fourth-order valence-electron chi connectivity index (χ4n) is 2.38. The first kappa shape index (κ1) is 16.1. The van der Waals surface area contributed by atoms with E-state index in [1.165, 1.54) is 18.9 Å². The van der Waals surface area contributed by atoms with E-state index in [4.69, 9.17) is 9.15 Å². The van der Waals surface area contributed by atoms with E-state index in [1.54, 1.807) is 36.4 Å². The van der Waals surface area contributed by atoms with Gasteiger partial charge in [-0.05, 0) is 24.5 Å². The van der Waals surface area contributed by atoms with E-state index in [-0.39, 0.29) is 6.54 Å². The third-order valence-corrected chi connectivity index (χ3v) is 4.05. The molecule has 0 amide bonds. The molecule has 0 fully saturated rings. The average Bonchev–Trinajstić information content (AvgIpc) is 3.03. The van der Waals surface area contributed by atoms with Crippen molar-refractivity contribution in [1.29, 1.82) is 0 Å². The predicted octanol–water partition coefficient (Wildman–Crippen LogP) is 3.76. The summed E-state index contributed by atoms with van der Waals surface area (Å²) in [5.41, 5.74) is 2.41. The number of hydrogen-bond acceptors (Lipinski definition) is 6. The van der Waals surface area contributed by atoms with Gasteiger partial charge in [0.15, 0.2) is 10.6 Å². The number of ether oxygens (including phenoxy) is 1. The highest BCUT2D eigenvalue weighted by Gasteiger charge is 2.21. The van der Waals surface area contributed by atoms with Gasteiger partial charge in [-0.1, -0.05) is 35.0 Å². The van der Waals surface area contributed by atoms with Gasteiger partial charge in [0.2, 0.25) is 0 Å².